The van der Waals surface area contributed by atoms with Crippen molar-refractivity contribution in [3.05, 3.63) is 16.1 Å². The van der Waals surface area contributed by atoms with Crippen LogP contribution in [0.25, 0.3) is 0 Å². The molecule has 112 valence electrons. The third-order valence-corrected chi connectivity index (χ3v) is 6.00. The first-order valence-electron chi connectivity index (χ1n) is 7.69. The van der Waals surface area contributed by atoms with Gasteiger partial charge in [0.2, 0.25) is 0 Å². The van der Waals surface area contributed by atoms with E-state index in [1.54, 1.807) is 0 Å². The van der Waals surface area contributed by atoms with Gasteiger partial charge in [-0.15, -0.1) is 11.3 Å². The van der Waals surface area contributed by atoms with E-state index >= 15 is 0 Å². The second-order valence-electron chi connectivity index (χ2n) is 7.94. The molecule has 1 N–H and O–H groups in total. The fourth-order valence-electron chi connectivity index (χ4n) is 3.66. The first-order valence-corrected chi connectivity index (χ1v) is 8.57. The monoisotopic (exact) mass is 293 g/mol. The van der Waals surface area contributed by atoms with E-state index in [2.05, 4.69) is 50.2 Å². The van der Waals surface area contributed by atoms with Gasteiger partial charge in [-0.05, 0) is 32.2 Å². The number of thiazole rings is 1. The molecule has 3 nitrogen and oxygen atoms in total. The number of hydrogen-bond donors (Lipinski definition) is 1. The van der Waals surface area contributed by atoms with Gasteiger partial charge in [-0.2, -0.15) is 0 Å². The van der Waals surface area contributed by atoms with Crippen molar-refractivity contribution in [1.82, 2.24) is 15.2 Å². The molecule has 20 heavy (non-hydrogen) atoms. The lowest BCUT2D eigenvalue weighted by atomic mass is 9.85. The second kappa shape index (κ2) is 4.79. The van der Waals surface area contributed by atoms with Crippen LogP contribution in [-0.2, 0) is 12.0 Å². The summed E-state index contributed by atoms with van der Waals surface area (Å²) in [6, 6.07) is 0. The van der Waals surface area contributed by atoms with Crippen molar-refractivity contribution in [2.75, 3.05) is 19.6 Å². The zero-order valence-corrected chi connectivity index (χ0v) is 14.2. The maximum Gasteiger partial charge on any atom is 0.107 e. The Bertz CT molecular complexity index is 486. The summed E-state index contributed by atoms with van der Waals surface area (Å²) in [6.07, 6.45) is 0. The number of fused-ring (bicyclic) bond motifs is 1. The fourth-order valence-corrected chi connectivity index (χ4v) is 4.70. The van der Waals surface area contributed by atoms with E-state index < -0.39 is 0 Å². The largest absolute Gasteiger partial charge is 0.316 e. The highest BCUT2D eigenvalue weighted by molar-refractivity contribution is 7.09. The average Bonchev–Trinajstić information content (AvgIpc) is 2.98. The number of hydrogen-bond acceptors (Lipinski definition) is 4. The van der Waals surface area contributed by atoms with Crippen molar-refractivity contribution < 1.29 is 0 Å². The Balaban J connectivity index is 1.74. The van der Waals surface area contributed by atoms with Gasteiger partial charge in [0, 0.05) is 29.4 Å². The van der Waals surface area contributed by atoms with Crippen LogP contribution in [0.3, 0.4) is 0 Å². The summed E-state index contributed by atoms with van der Waals surface area (Å²) in [5, 5.41) is 7.06. The average molecular weight is 293 g/mol. The van der Waals surface area contributed by atoms with E-state index in [1.165, 1.54) is 30.3 Å². The Morgan fingerprint density at radius 3 is 2.75 bits per heavy atom. The summed E-state index contributed by atoms with van der Waals surface area (Å²) in [4.78, 5) is 7.51. The van der Waals surface area contributed by atoms with Crippen molar-refractivity contribution >= 4 is 11.3 Å². The molecule has 1 aromatic rings. The summed E-state index contributed by atoms with van der Waals surface area (Å²) in [5.41, 5.74) is 1.69. The lowest BCUT2D eigenvalue weighted by Gasteiger charge is -2.35. The zero-order valence-electron chi connectivity index (χ0n) is 13.4. The van der Waals surface area contributed by atoms with Crippen molar-refractivity contribution in [3.63, 3.8) is 0 Å². The van der Waals surface area contributed by atoms with Crippen LogP contribution in [0, 0.1) is 11.8 Å². The van der Waals surface area contributed by atoms with Gasteiger partial charge in [0.05, 0.1) is 12.2 Å². The van der Waals surface area contributed by atoms with Gasteiger partial charge in [0.1, 0.15) is 5.01 Å². The Hall–Kier alpha value is -0.450. The zero-order chi connectivity index (χ0) is 14.5. The van der Waals surface area contributed by atoms with Gasteiger partial charge in [-0.3, -0.25) is 4.90 Å². The molecule has 3 heterocycles. The van der Waals surface area contributed by atoms with E-state index in [1.807, 2.05) is 11.3 Å². The number of aromatic nitrogens is 1. The minimum Gasteiger partial charge on any atom is -0.316 e. The molecule has 2 aliphatic rings. The van der Waals surface area contributed by atoms with Gasteiger partial charge in [0.15, 0.2) is 0 Å². The molecule has 3 rings (SSSR count). The molecule has 1 aromatic heterocycles. The predicted octanol–water partition coefficient (Wildman–Crippen LogP) is 2.87. The molecular weight excluding hydrogens is 266 g/mol. The van der Waals surface area contributed by atoms with Crippen molar-refractivity contribution in [2.45, 2.75) is 52.1 Å². The minimum absolute atomic E-state index is 0.162. The molecule has 2 unspecified atom stereocenters. The van der Waals surface area contributed by atoms with Crippen molar-refractivity contribution in [1.29, 1.82) is 0 Å². The Labute approximate surface area is 126 Å². The summed E-state index contributed by atoms with van der Waals surface area (Å²) in [6.45, 7) is 16.1. The SMILES string of the molecule is CC(C)(C)c1csc(CN2CC3CNCC3C2(C)C)n1. The fraction of sp³-hybridized carbons (Fsp3) is 0.812. The van der Waals surface area contributed by atoms with Gasteiger partial charge in [-0.1, -0.05) is 20.8 Å². The summed E-state index contributed by atoms with van der Waals surface area (Å²) in [7, 11) is 0. The molecule has 0 aromatic carbocycles. The maximum atomic E-state index is 4.87. The molecule has 2 fully saturated rings. The van der Waals surface area contributed by atoms with Gasteiger partial charge >= 0.3 is 0 Å². The normalized spacial score (nSPS) is 29.9. The lowest BCUT2D eigenvalue weighted by molar-refractivity contribution is 0.132. The molecule has 2 saturated heterocycles. The second-order valence-corrected chi connectivity index (χ2v) is 8.88. The predicted molar refractivity (Wildman–Crippen MR) is 85.2 cm³/mol. The van der Waals surface area contributed by atoms with E-state index in [9.17, 15) is 0 Å². The Kier molecular flexibility index (Phi) is 3.47. The molecular formula is C16H27N3S. The van der Waals surface area contributed by atoms with Crippen molar-refractivity contribution in [2.24, 2.45) is 11.8 Å². The molecule has 2 aliphatic heterocycles. The summed E-state index contributed by atoms with van der Waals surface area (Å²) < 4.78 is 0. The van der Waals surface area contributed by atoms with E-state index in [-0.39, 0.29) is 5.41 Å². The molecule has 0 saturated carbocycles. The molecule has 0 spiro atoms. The highest BCUT2D eigenvalue weighted by Crippen LogP contribution is 2.41. The smallest absolute Gasteiger partial charge is 0.107 e. The topological polar surface area (TPSA) is 28.2 Å². The van der Waals surface area contributed by atoms with Crippen LogP contribution in [0.15, 0.2) is 5.38 Å². The van der Waals surface area contributed by atoms with Gasteiger partial charge < -0.3 is 5.32 Å². The Morgan fingerprint density at radius 1 is 1.40 bits per heavy atom. The van der Waals surface area contributed by atoms with Crippen LogP contribution in [0.5, 0.6) is 0 Å². The van der Waals surface area contributed by atoms with E-state index in [4.69, 9.17) is 4.98 Å². The Morgan fingerprint density at radius 2 is 2.15 bits per heavy atom. The van der Waals surface area contributed by atoms with Crippen LogP contribution in [0.4, 0.5) is 0 Å². The van der Waals surface area contributed by atoms with Gasteiger partial charge in [-0.25, -0.2) is 4.98 Å². The highest BCUT2D eigenvalue weighted by Gasteiger charge is 2.49. The van der Waals surface area contributed by atoms with Gasteiger partial charge in [0.25, 0.3) is 0 Å². The van der Waals surface area contributed by atoms with E-state index in [0.29, 0.717) is 5.54 Å². The van der Waals surface area contributed by atoms with Crippen LogP contribution in [-0.4, -0.2) is 35.1 Å². The first-order chi connectivity index (χ1) is 9.28. The number of nitrogens with zero attached hydrogens (tertiary/aromatic N) is 2. The van der Waals surface area contributed by atoms with Crippen LogP contribution in [0.2, 0.25) is 0 Å². The number of rotatable bonds is 2. The van der Waals surface area contributed by atoms with Crippen molar-refractivity contribution in [3.8, 4) is 0 Å². The highest BCUT2D eigenvalue weighted by atomic mass is 32.1. The maximum absolute atomic E-state index is 4.87. The number of nitrogens with one attached hydrogen (secondary N) is 1. The van der Waals surface area contributed by atoms with E-state index in [0.717, 1.165) is 18.4 Å². The molecule has 0 radical (unpaired) electrons. The molecule has 4 heteroatoms. The summed E-state index contributed by atoms with van der Waals surface area (Å²) >= 11 is 1.82. The van der Waals surface area contributed by atoms with Crippen LogP contribution < -0.4 is 5.32 Å². The molecule has 0 bridgehead atoms. The van der Waals surface area contributed by atoms with Crippen LogP contribution >= 0.6 is 11.3 Å². The standard InChI is InChI=1S/C16H27N3S/c1-15(2,3)13-10-20-14(18-13)9-19-8-11-6-17-7-12(11)16(19,4)5/h10-12,17H,6-9H2,1-5H3. The minimum atomic E-state index is 0.162. The molecule has 2 atom stereocenters. The summed E-state index contributed by atoms with van der Waals surface area (Å²) in [5.74, 6) is 1.62. The third kappa shape index (κ3) is 2.42. The third-order valence-electron chi connectivity index (χ3n) is 5.16. The first kappa shape index (κ1) is 14.5. The number of likely N-dealkylation sites (tertiary alicyclic amines) is 1. The van der Waals surface area contributed by atoms with Crippen LogP contribution in [0.1, 0.15) is 45.3 Å². The molecule has 0 amide bonds. The quantitative estimate of drug-likeness (QED) is 0.909. The molecule has 0 aliphatic carbocycles. The lowest BCUT2D eigenvalue weighted by Crippen LogP contribution is -2.43.